The Morgan fingerprint density at radius 2 is 1.71 bits per heavy atom. The van der Waals surface area contributed by atoms with E-state index in [1.54, 1.807) is 6.07 Å². The summed E-state index contributed by atoms with van der Waals surface area (Å²) in [6.45, 7) is 2.98. The second-order valence-corrected chi connectivity index (χ2v) is 8.77. The van der Waals surface area contributed by atoms with Crippen LogP contribution in [0, 0.1) is 6.92 Å². The van der Waals surface area contributed by atoms with E-state index in [9.17, 15) is 9.90 Å². The Kier molecular flexibility index (Phi) is 5.99. The number of benzene rings is 4. The van der Waals surface area contributed by atoms with Gasteiger partial charge in [0.1, 0.15) is 11.4 Å². The van der Waals surface area contributed by atoms with Crippen LogP contribution in [0.5, 0.6) is 5.75 Å². The summed E-state index contributed by atoms with van der Waals surface area (Å²) >= 11 is 6.32. The van der Waals surface area contributed by atoms with Crippen LogP contribution < -0.4 is 4.74 Å². The van der Waals surface area contributed by atoms with Gasteiger partial charge in [-0.25, -0.2) is 4.79 Å². The lowest BCUT2D eigenvalue weighted by Crippen LogP contribution is -2.12. The Labute approximate surface area is 203 Å². The van der Waals surface area contributed by atoms with Crippen LogP contribution in [0.3, 0.4) is 0 Å². The summed E-state index contributed by atoms with van der Waals surface area (Å²) in [5.41, 5.74) is 3.75. The minimum absolute atomic E-state index is 0.275. The molecule has 0 aliphatic rings. The van der Waals surface area contributed by atoms with Crippen LogP contribution in [0.4, 0.5) is 0 Å². The Morgan fingerprint density at radius 1 is 0.941 bits per heavy atom. The van der Waals surface area contributed by atoms with Crippen LogP contribution in [0.1, 0.15) is 22.5 Å². The van der Waals surface area contributed by atoms with Crippen molar-refractivity contribution in [2.24, 2.45) is 0 Å². The van der Waals surface area contributed by atoms with Crippen LogP contribution in [-0.2, 0) is 6.54 Å². The lowest BCUT2D eigenvalue weighted by atomic mass is 9.97. The van der Waals surface area contributed by atoms with E-state index in [0.717, 1.165) is 38.6 Å². The van der Waals surface area contributed by atoms with Gasteiger partial charge in [0.05, 0.1) is 6.61 Å². The summed E-state index contributed by atoms with van der Waals surface area (Å²) in [6.07, 6.45) is 0.656. The average molecular weight is 470 g/mol. The van der Waals surface area contributed by atoms with E-state index in [1.165, 1.54) is 0 Å². The van der Waals surface area contributed by atoms with Gasteiger partial charge in [-0.3, -0.25) is 0 Å². The molecule has 5 aromatic rings. The van der Waals surface area contributed by atoms with Crippen LogP contribution in [0.15, 0.2) is 84.9 Å². The fourth-order valence-corrected chi connectivity index (χ4v) is 4.81. The summed E-state index contributed by atoms with van der Waals surface area (Å²) < 4.78 is 7.98. The molecule has 0 radical (unpaired) electrons. The second-order valence-electron chi connectivity index (χ2n) is 8.34. The summed E-state index contributed by atoms with van der Waals surface area (Å²) in [4.78, 5) is 12.5. The number of ether oxygens (including phenoxy) is 1. The third kappa shape index (κ3) is 4.02. The van der Waals surface area contributed by atoms with Crippen molar-refractivity contribution in [3.63, 3.8) is 0 Å². The van der Waals surface area contributed by atoms with E-state index < -0.39 is 5.97 Å². The highest BCUT2D eigenvalue weighted by Gasteiger charge is 2.24. The van der Waals surface area contributed by atoms with Gasteiger partial charge in [0, 0.05) is 33.4 Å². The summed E-state index contributed by atoms with van der Waals surface area (Å²) in [6, 6.07) is 27.5. The number of nitrogens with zero attached hydrogens (tertiary/aromatic N) is 1. The third-order valence-corrected chi connectivity index (χ3v) is 6.41. The topological polar surface area (TPSA) is 51.5 Å². The lowest BCUT2D eigenvalue weighted by molar-refractivity contribution is 0.0686. The van der Waals surface area contributed by atoms with E-state index in [-0.39, 0.29) is 5.69 Å². The lowest BCUT2D eigenvalue weighted by Gasteiger charge is -2.12. The van der Waals surface area contributed by atoms with Gasteiger partial charge in [0.2, 0.25) is 0 Å². The average Bonchev–Trinajstić information content (AvgIpc) is 3.15. The number of hydrogen-bond acceptors (Lipinski definition) is 2. The second kappa shape index (κ2) is 9.24. The predicted octanol–water partition coefficient (Wildman–Crippen LogP) is 7.59. The molecule has 0 atom stereocenters. The zero-order valence-electron chi connectivity index (χ0n) is 18.8. The molecule has 1 aromatic heterocycles. The molecule has 0 bridgehead atoms. The van der Waals surface area contributed by atoms with Gasteiger partial charge < -0.3 is 14.4 Å². The molecule has 0 saturated heterocycles. The molecule has 5 rings (SSSR count). The molecule has 4 aromatic carbocycles. The number of aromatic nitrogens is 1. The van der Waals surface area contributed by atoms with E-state index in [1.807, 2.05) is 78.2 Å². The molecular formula is C29H24ClNO3. The molecule has 4 nitrogen and oxygen atoms in total. The first-order valence-electron chi connectivity index (χ1n) is 11.3. The van der Waals surface area contributed by atoms with Gasteiger partial charge in [-0.1, -0.05) is 72.3 Å². The minimum Gasteiger partial charge on any atom is -0.493 e. The number of carboxylic acids is 1. The highest BCUT2D eigenvalue weighted by Crippen LogP contribution is 2.38. The minimum atomic E-state index is -0.958. The molecule has 34 heavy (non-hydrogen) atoms. The van der Waals surface area contributed by atoms with Gasteiger partial charge in [-0.15, -0.1) is 0 Å². The van der Waals surface area contributed by atoms with Crippen LogP contribution in [0.25, 0.3) is 32.8 Å². The van der Waals surface area contributed by atoms with Crippen molar-refractivity contribution in [3.05, 3.63) is 101 Å². The molecule has 0 unspecified atom stereocenters. The van der Waals surface area contributed by atoms with Crippen molar-refractivity contribution in [1.29, 1.82) is 0 Å². The van der Waals surface area contributed by atoms with Gasteiger partial charge >= 0.3 is 5.97 Å². The smallest absolute Gasteiger partial charge is 0.353 e. The molecule has 1 N–H and O–H groups in total. The normalized spacial score (nSPS) is 11.2. The number of aromatic carboxylic acids is 1. The van der Waals surface area contributed by atoms with E-state index >= 15 is 0 Å². The van der Waals surface area contributed by atoms with Crippen molar-refractivity contribution >= 4 is 39.2 Å². The van der Waals surface area contributed by atoms with Crippen molar-refractivity contribution < 1.29 is 14.6 Å². The number of carbonyl (C=O) groups is 1. The first kappa shape index (κ1) is 22.1. The Hall–Kier alpha value is -3.76. The number of halogens is 1. The van der Waals surface area contributed by atoms with E-state index in [4.69, 9.17) is 16.3 Å². The number of fused-ring (bicyclic) bond motifs is 2. The van der Waals surface area contributed by atoms with Crippen LogP contribution in [0.2, 0.25) is 5.02 Å². The van der Waals surface area contributed by atoms with Crippen molar-refractivity contribution in [1.82, 2.24) is 4.57 Å². The molecule has 170 valence electrons. The Morgan fingerprint density at radius 3 is 2.53 bits per heavy atom. The monoisotopic (exact) mass is 469 g/mol. The number of aryl methyl sites for hydroxylation is 2. The largest absolute Gasteiger partial charge is 0.493 e. The van der Waals surface area contributed by atoms with Crippen LogP contribution in [-0.4, -0.2) is 22.2 Å². The fraction of sp³-hybridized carbons (Fsp3) is 0.138. The SMILES string of the molecule is Cc1ccccc1-c1c(C(=O)O)n(CCCOc2cccc3ccccc23)c2ccc(Cl)cc12. The van der Waals surface area contributed by atoms with E-state index in [0.29, 0.717) is 30.2 Å². The highest BCUT2D eigenvalue weighted by atomic mass is 35.5. The maximum Gasteiger partial charge on any atom is 0.353 e. The summed E-state index contributed by atoms with van der Waals surface area (Å²) in [5.74, 6) is -0.123. The molecule has 0 amide bonds. The van der Waals surface area contributed by atoms with Gasteiger partial charge in [-0.2, -0.15) is 0 Å². The molecule has 5 heteroatoms. The Balaban J connectivity index is 1.49. The van der Waals surface area contributed by atoms with Crippen LogP contribution >= 0.6 is 11.6 Å². The van der Waals surface area contributed by atoms with Crippen molar-refractivity contribution in [2.75, 3.05) is 6.61 Å². The van der Waals surface area contributed by atoms with Gasteiger partial charge in [0.15, 0.2) is 0 Å². The quantitative estimate of drug-likeness (QED) is 0.250. The molecule has 0 fully saturated rings. The first-order chi connectivity index (χ1) is 16.5. The standard InChI is InChI=1S/C29H24ClNO3/c1-19-8-2-4-11-22(19)27-24-18-21(30)14-15-25(24)31(28(27)29(32)33)16-7-17-34-26-13-6-10-20-9-3-5-12-23(20)26/h2-6,8-15,18H,7,16-17H2,1H3,(H,32,33). The molecular weight excluding hydrogens is 446 g/mol. The van der Waals surface area contributed by atoms with Gasteiger partial charge in [0.25, 0.3) is 0 Å². The number of rotatable bonds is 7. The van der Waals surface area contributed by atoms with E-state index in [2.05, 4.69) is 12.1 Å². The molecule has 0 spiro atoms. The van der Waals surface area contributed by atoms with Crippen molar-refractivity contribution in [2.45, 2.75) is 19.9 Å². The number of hydrogen-bond donors (Lipinski definition) is 1. The fourth-order valence-electron chi connectivity index (χ4n) is 4.63. The zero-order chi connectivity index (χ0) is 23.7. The predicted molar refractivity (Wildman–Crippen MR) is 138 cm³/mol. The maximum atomic E-state index is 12.5. The zero-order valence-corrected chi connectivity index (χ0v) is 19.5. The highest BCUT2D eigenvalue weighted by molar-refractivity contribution is 6.31. The molecule has 0 aliphatic carbocycles. The summed E-state index contributed by atoms with van der Waals surface area (Å²) in [7, 11) is 0. The van der Waals surface area contributed by atoms with Gasteiger partial charge in [-0.05, 0) is 54.1 Å². The Bertz CT molecular complexity index is 1510. The third-order valence-electron chi connectivity index (χ3n) is 6.18. The molecule has 0 saturated carbocycles. The number of carboxylic acid groups (broad SMARTS) is 1. The summed E-state index contributed by atoms with van der Waals surface area (Å²) in [5, 5.41) is 13.9. The molecule has 1 heterocycles. The van der Waals surface area contributed by atoms with Crippen molar-refractivity contribution in [3.8, 4) is 16.9 Å². The molecule has 0 aliphatic heterocycles. The maximum absolute atomic E-state index is 12.5. The first-order valence-corrected chi connectivity index (χ1v) is 11.6.